The van der Waals surface area contributed by atoms with Gasteiger partial charge in [0.1, 0.15) is 12.1 Å². The molecule has 6 nitrogen and oxygen atoms in total. The summed E-state index contributed by atoms with van der Waals surface area (Å²) in [7, 11) is 0. The molecule has 0 radical (unpaired) electrons. The molecule has 0 aromatic carbocycles. The van der Waals surface area contributed by atoms with Crippen molar-refractivity contribution < 1.29 is 23.9 Å². The van der Waals surface area contributed by atoms with E-state index in [-0.39, 0.29) is 18.9 Å². The molecule has 1 rings (SSSR count). The van der Waals surface area contributed by atoms with Gasteiger partial charge in [0.05, 0.1) is 6.42 Å². The van der Waals surface area contributed by atoms with E-state index in [0.29, 0.717) is 0 Å². The molecule has 1 fully saturated rings. The van der Waals surface area contributed by atoms with Gasteiger partial charge in [0.2, 0.25) is 5.91 Å². The second kappa shape index (κ2) is 4.73. The van der Waals surface area contributed by atoms with Crippen LogP contribution in [0.25, 0.3) is 0 Å². The van der Waals surface area contributed by atoms with Crippen LogP contribution in [0.15, 0.2) is 0 Å². The van der Waals surface area contributed by atoms with Crippen LogP contribution in [0.2, 0.25) is 0 Å². The molecule has 0 bridgehead atoms. The average Bonchev–Trinajstić information content (AvgIpc) is 2.10. The van der Waals surface area contributed by atoms with Gasteiger partial charge in [0, 0.05) is 6.92 Å². The molecule has 0 aromatic heterocycles. The summed E-state index contributed by atoms with van der Waals surface area (Å²) in [5.41, 5.74) is -0.595. The minimum atomic E-state index is -0.632. The van der Waals surface area contributed by atoms with Gasteiger partial charge < -0.3 is 9.47 Å². The molecule has 0 spiro atoms. The highest BCUT2D eigenvalue weighted by Gasteiger charge is 2.40. The molecule has 1 unspecified atom stereocenters. The molecule has 1 amide bonds. The number of rotatable bonds is 3. The fourth-order valence-corrected chi connectivity index (χ4v) is 1.42. The zero-order valence-electron chi connectivity index (χ0n) is 10.5. The number of amides is 1. The molecule has 0 aromatic rings. The van der Waals surface area contributed by atoms with Crippen molar-refractivity contribution in [1.82, 2.24) is 4.90 Å². The second-order valence-electron chi connectivity index (χ2n) is 4.88. The fraction of sp³-hybridized carbons (Fsp3) is 0.727. The van der Waals surface area contributed by atoms with E-state index in [1.807, 2.05) is 0 Å². The van der Waals surface area contributed by atoms with Crippen LogP contribution >= 0.6 is 0 Å². The zero-order valence-corrected chi connectivity index (χ0v) is 10.5. The number of nitrogens with zero attached hydrogens (tertiary/aromatic N) is 1. The summed E-state index contributed by atoms with van der Waals surface area (Å²) in [5.74, 6) is -1.21. The molecular weight excluding hydrogens is 226 g/mol. The quantitative estimate of drug-likeness (QED) is 0.531. The maximum atomic E-state index is 11.5. The topological polar surface area (TPSA) is 72.9 Å². The van der Waals surface area contributed by atoms with Crippen LogP contribution in [-0.2, 0) is 23.9 Å². The smallest absolute Gasteiger partial charge is 0.326 e. The highest BCUT2D eigenvalue weighted by molar-refractivity contribution is 5.87. The maximum Gasteiger partial charge on any atom is 0.326 e. The third-order valence-corrected chi connectivity index (χ3v) is 2.04. The van der Waals surface area contributed by atoms with Crippen molar-refractivity contribution in [3.05, 3.63) is 0 Å². The number of carbonyl (C=O) groups is 3. The molecule has 17 heavy (non-hydrogen) atoms. The Hall–Kier alpha value is -1.59. The summed E-state index contributed by atoms with van der Waals surface area (Å²) in [5, 5.41) is 0. The van der Waals surface area contributed by atoms with Gasteiger partial charge in [-0.25, -0.2) is 0 Å². The predicted octanol–water partition coefficient (Wildman–Crippen LogP) is 0.450. The highest BCUT2D eigenvalue weighted by Crippen LogP contribution is 2.20. The first-order chi connectivity index (χ1) is 7.69. The molecule has 1 heterocycles. The minimum absolute atomic E-state index is 0.127. The Labute approximate surface area is 99.9 Å². The van der Waals surface area contributed by atoms with E-state index in [9.17, 15) is 14.4 Å². The summed E-state index contributed by atoms with van der Waals surface area (Å²) >= 11 is 0. The summed E-state index contributed by atoms with van der Waals surface area (Å²) in [6.45, 7) is 6.30. The van der Waals surface area contributed by atoms with Crippen molar-refractivity contribution in [1.29, 1.82) is 0 Å². The van der Waals surface area contributed by atoms with E-state index in [0.717, 1.165) is 0 Å². The Bertz CT molecular complexity index is 344. The summed E-state index contributed by atoms with van der Waals surface area (Å²) in [6.07, 6.45) is -0.505. The van der Waals surface area contributed by atoms with Gasteiger partial charge in [0.25, 0.3) is 0 Å². The molecular formula is C11H17NO5. The van der Waals surface area contributed by atoms with Gasteiger partial charge in [-0.2, -0.15) is 0 Å². The maximum absolute atomic E-state index is 11.5. The number of esters is 2. The van der Waals surface area contributed by atoms with Crippen molar-refractivity contribution in [2.75, 3.05) is 6.54 Å². The first-order valence-corrected chi connectivity index (χ1v) is 5.37. The molecule has 1 aliphatic rings. The van der Waals surface area contributed by atoms with Gasteiger partial charge in [0.15, 0.2) is 6.23 Å². The van der Waals surface area contributed by atoms with Gasteiger partial charge in [-0.3, -0.25) is 19.3 Å². The number of hydrogen-bond acceptors (Lipinski definition) is 5. The predicted molar refractivity (Wildman–Crippen MR) is 57.7 cm³/mol. The van der Waals surface area contributed by atoms with Crippen molar-refractivity contribution in [3.63, 3.8) is 0 Å². The van der Waals surface area contributed by atoms with Crippen molar-refractivity contribution in [2.45, 2.75) is 45.9 Å². The molecule has 1 atom stereocenters. The first-order valence-electron chi connectivity index (χ1n) is 5.37. The van der Waals surface area contributed by atoms with Crippen LogP contribution in [0.4, 0.5) is 0 Å². The number of β-lactam (4-membered cyclic amide) rings is 1. The average molecular weight is 243 g/mol. The lowest BCUT2D eigenvalue weighted by Crippen LogP contribution is -2.56. The Kier molecular flexibility index (Phi) is 3.75. The van der Waals surface area contributed by atoms with Gasteiger partial charge in [-0.05, 0) is 20.8 Å². The third kappa shape index (κ3) is 4.05. The summed E-state index contributed by atoms with van der Waals surface area (Å²) in [4.78, 5) is 34.7. The molecule has 0 aliphatic carbocycles. The van der Waals surface area contributed by atoms with Crippen LogP contribution in [0.1, 0.15) is 34.1 Å². The largest absolute Gasteiger partial charge is 0.459 e. The van der Waals surface area contributed by atoms with Crippen molar-refractivity contribution >= 4 is 17.8 Å². The van der Waals surface area contributed by atoms with Crippen LogP contribution in [0.3, 0.4) is 0 Å². The van der Waals surface area contributed by atoms with Gasteiger partial charge >= 0.3 is 11.9 Å². The van der Waals surface area contributed by atoms with E-state index in [1.165, 1.54) is 11.8 Å². The number of carbonyl (C=O) groups excluding carboxylic acids is 3. The number of ether oxygens (including phenoxy) is 2. The molecule has 1 aliphatic heterocycles. The fourth-order valence-electron chi connectivity index (χ4n) is 1.42. The molecule has 1 saturated heterocycles. The summed E-state index contributed by atoms with van der Waals surface area (Å²) < 4.78 is 9.93. The van der Waals surface area contributed by atoms with Crippen LogP contribution in [0.5, 0.6) is 0 Å². The van der Waals surface area contributed by atoms with E-state index >= 15 is 0 Å². The van der Waals surface area contributed by atoms with E-state index in [2.05, 4.69) is 0 Å². The zero-order chi connectivity index (χ0) is 13.2. The SMILES string of the molecule is CC(=O)OC1CC(=O)N1CC(=O)OC(C)(C)C. The Balaban J connectivity index is 2.47. The lowest BCUT2D eigenvalue weighted by Gasteiger charge is -2.38. The molecule has 0 N–H and O–H groups in total. The number of hydrogen-bond donors (Lipinski definition) is 0. The first kappa shape index (κ1) is 13.5. The lowest BCUT2D eigenvalue weighted by molar-refractivity contribution is -0.189. The molecule has 96 valence electrons. The van der Waals surface area contributed by atoms with Crippen LogP contribution in [0, 0.1) is 0 Å². The minimum Gasteiger partial charge on any atom is -0.459 e. The highest BCUT2D eigenvalue weighted by atomic mass is 16.6. The van der Waals surface area contributed by atoms with Gasteiger partial charge in [-0.15, -0.1) is 0 Å². The van der Waals surface area contributed by atoms with E-state index in [1.54, 1.807) is 20.8 Å². The van der Waals surface area contributed by atoms with E-state index in [4.69, 9.17) is 9.47 Å². The van der Waals surface area contributed by atoms with Crippen LogP contribution < -0.4 is 0 Å². The molecule has 0 saturated carbocycles. The second-order valence-corrected chi connectivity index (χ2v) is 4.88. The monoisotopic (exact) mass is 243 g/mol. The van der Waals surface area contributed by atoms with Gasteiger partial charge in [-0.1, -0.05) is 0 Å². The number of likely N-dealkylation sites (tertiary alicyclic amines) is 1. The third-order valence-electron chi connectivity index (χ3n) is 2.04. The Morgan fingerprint density at radius 2 is 2.00 bits per heavy atom. The summed E-state index contributed by atoms with van der Waals surface area (Å²) in [6, 6.07) is 0. The normalized spacial score (nSPS) is 19.6. The molecule has 6 heteroatoms. The van der Waals surface area contributed by atoms with Crippen LogP contribution in [-0.4, -0.2) is 41.1 Å². The lowest BCUT2D eigenvalue weighted by atomic mass is 10.1. The standard InChI is InChI=1S/C11H17NO5/c1-7(13)16-9-5-8(14)12(9)6-10(15)17-11(2,3)4/h9H,5-6H2,1-4H3. The van der Waals surface area contributed by atoms with E-state index < -0.39 is 23.8 Å². The van der Waals surface area contributed by atoms with Crippen molar-refractivity contribution in [3.8, 4) is 0 Å². The Morgan fingerprint density at radius 1 is 1.41 bits per heavy atom. The Morgan fingerprint density at radius 3 is 2.41 bits per heavy atom. The van der Waals surface area contributed by atoms with Crippen molar-refractivity contribution in [2.24, 2.45) is 0 Å².